The van der Waals surface area contributed by atoms with Crippen molar-refractivity contribution in [3.05, 3.63) is 11.9 Å². The third kappa shape index (κ3) is 4.42. The molecule has 0 unspecified atom stereocenters. The van der Waals surface area contributed by atoms with Crippen LogP contribution in [0.2, 0.25) is 0 Å². The molecule has 0 aromatic carbocycles. The van der Waals surface area contributed by atoms with E-state index in [0.717, 1.165) is 38.0 Å². The Morgan fingerprint density at radius 1 is 1.31 bits per heavy atom. The Kier molecular flexibility index (Phi) is 6.28. The smallest absolute Gasteiger partial charge is 0.0985 e. The lowest BCUT2D eigenvalue weighted by molar-refractivity contribution is -0.0398. The molecule has 1 aromatic rings. The predicted molar refractivity (Wildman–Crippen MR) is 96.4 cm³/mol. The monoisotopic (exact) mass is 370 g/mol. The van der Waals surface area contributed by atoms with E-state index < -0.39 is 18.8 Å². The van der Waals surface area contributed by atoms with Crippen molar-refractivity contribution in [2.45, 2.75) is 38.5 Å². The average molecular weight is 370 g/mol. The molecule has 148 valence electrons. The second kappa shape index (κ2) is 8.30. The van der Waals surface area contributed by atoms with Crippen molar-refractivity contribution in [3.8, 4) is 0 Å². The summed E-state index contributed by atoms with van der Waals surface area (Å²) in [4.78, 5) is 2.31. The summed E-state index contributed by atoms with van der Waals surface area (Å²) in [5.41, 5.74) is 0.855. The zero-order valence-electron chi connectivity index (χ0n) is 16.1. The summed E-state index contributed by atoms with van der Waals surface area (Å²) in [6, 6.07) is 0. The number of aromatic nitrogens is 3. The number of nitrogens with zero attached hydrogens (tertiary/aromatic N) is 4. The van der Waals surface area contributed by atoms with Gasteiger partial charge in [0, 0.05) is 32.3 Å². The van der Waals surface area contributed by atoms with Crippen molar-refractivity contribution in [1.82, 2.24) is 19.9 Å². The van der Waals surface area contributed by atoms with Crippen LogP contribution >= 0.6 is 0 Å². The fourth-order valence-electron chi connectivity index (χ4n) is 5.01. The van der Waals surface area contributed by atoms with Gasteiger partial charge in [-0.05, 0) is 62.9 Å². The Morgan fingerprint density at radius 2 is 2.04 bits per heavy atom. The predicted octanol–water partition coefficient (Wildman–Crippen LogP) is 2.81. The zero-order chi connectivity index (χ0) is 18.6. The molecule has 1 aliphatic carbocycles. The van der Waals surface area contributed by atoms with Gasteiger partial charge in [0.2, 0.25) is 0 Å². The van der Waals surface area contributed by atoms with E-state index in [1.54, 1.807) is 11.8 Å². The van der Waals surface area contributed by atoms with Gasteiger partial charge in [-0.3, -0.25) is 13.5 Å². The summed E-state index contributed by atoms with van der Waals surface area (Å²) in [7, 11) is 3.47. The van der Waals surface area contributed by atoms with Crippen LogP contribution in [-0.4, -0.2) is 66.6 Å². The second-order valence-corrected chi connectivity index (χ2v) is 8.64. The van der Waals surface area contributed by atoms with Gasteiger partial charge in [-0.1, -0.05) is 5.21 Å². The Balaban J connectivity index is 1.45. The molecule has 5 nitrogen and oxygen atoms in total. The number of hydrogen-bond acceptors (Lipinski definition) is 4. The summed E-state index contributed by atoms with van der Waals surface area (Å²) in [6.45, 7) is 1.84. The normalized spacial score (nSPS) is 23.1. The molecule has 1 aromatic heterocycles. The molecular weight excluding hydrogens is 338 g/mol. The van der Waals surface area contributed by atoms with Gasteiger partial charge in [0.15, 0.2) is 0 Å². The zero-order valence-corrected chi connectivity index (χ0v) is 16.1. The quantitative estimate of drug-likeness (QED) is 0.670. The summed E-state index contributed by atoms with van der Waals surface area (Å²) in [5.74, 6) is 0.711. The molecule has 0 N–H and O–H groups in total. The van der Waals surface area contributed by atoms with Crippen LogP contribution in [0.4, 0.5) is 8.78 Å². The fourth-order valence-corrected chi connectivity index (χ4v) is 5.01. The van der Waals surface area contributed by atoms with E-state index in [-0.39, 0.29) is 13.0 Å². The molecule has 2 fully saturated rings. The lowest BCUT2D eigenvalue weighted by Gasteiger charge is -2.53. The topological polar surface area (TPSA) is 43.2 Å². The number of rotatable bonds is 9. The van der Waals surface area contributed by atoms with E-state index in [1.165, 1.54) is 12.8 Å². The standard InChI is InChI=1S/C19H32F2N4O/c1-24-12-17(22-23-24)9-16-10-18(11-16)4-7-25(8-5-18)14-19(13-21,3-6-20)15-26-2/h12,16H,3-11,13-15H2,1-2H3/t19-/m1/s1. The first kappa shape index (κ1) is 19.7. The molecule has 0 radical (unpaired) electrons. The van der Waals surface area contributed by atoms with Crippen molar-refractivity contribution >= 4 is 0 Å². The second-order valence-electron chi connectivity index (χ2n) is 8.64. The number of piperidine rings is 1. The first-order chi connectivity index (χ1) is 12.5. The van der Waals surface area contributed by atoms with E-state index in [1.807, 2.05) is 13.2 Å². The highest BCUT2D eigenvalue weighted by molar-refractivity contribution is 5.03. The highest BCUT2D eigenvalue weighted by Crippen LogP contribution is 2.53. The van der Waals surface area contributed by atoms with Crippen LogP contribution in [0.3, 0.4) is 0 Å². The SMILES string of the molecule is COC[C@@](CF)(CCF)CN1CCC2(CC1)CC(Cc1cn(C)nn1)C2. The van der Waals surface area contributed by atoms with Crippen LogP contribution in [0, 0.1) is 16.7 Å². The first-order valence-electron chi connectivity index (χ1n) is 9.70. The van der Waals surface area contributed by atoms with Crippen molar-refractivity contribution in [2.24, 2.45) is 23.8 Å². The number of halogens is 2. The Morgan fingerprint density at radius 3 is 2.58 bits per heavy atom. The highest BCUT2D eigenvalue weighted by Gasteiger charge is 2.46. The van der Waals surface area contributed by atoms with Crippen molar-refractivity contribution < 1.29 is 13.5 Å². The Hall–Kier alpha value is -1.08. The molecule has 1 spiro atoms. The summed E-state index contributed by atoms with van der Waals surface area (Å²) >= 11 is 0. The lowest BCUT2D eigenvalue weighted by atomic mass is 9.56. The maximum atomic E-state index is 13.6. The number of ether oxygens (including phenoxy) is 1. The van der Waals surface area contributed by atoms with E-state index in [0.29, 0.717) is 17.9 Å². The third-order valence-corrected chi connectivity index (χ3v) is 6.43. The number of hydrogen-bond donors (Lipinski definition) is 0. The van der Waals surface area contributed by atoms with Gasteiger partial charge in [0.1, 0.15) is 0 Å². The molecule has 2 aliphatic rings. The van der Waals surface area contributed by atoms with Gasteiger partial charge in [-0.2, -0.15) is 0 Å². The third-order valence-electron chi connectivity index (χ3n) is 6.43. The van der Waals surface area contributed by atoms with E-state index in [2.05, 4.69) is 15.2 Å². The number of methoxy groups -OCH3 is 1. The fraction of sp³-hybridized carbons (Fsp3) is 0.895. The highest BCUT2D eigenvalue weighted by atomic mass is 19.1. The molecule has 0 bridgehead atoms. The molecule has 26 heavy (non-hydrogen) atoms. The number of aryl methyl sites for hydroxylation is 1. The van der Waals surface area contributed by atoms with E-state index >= 15 is 0 Å². The van der Waals surface area contributed by atoms with Crippen LogP contribution in [0.5, 0.6) is 0 Å². The molecule has 7 heteroatoms. The largest absolute Gasteiger partial charge is 0.384 e. The van der Waals surface area contributed by atoms with Gasteiger partial charge < -0.3 is 9.64 Å². The minimum absolute atomic E-state index is 0.235. The summed E-state index contributed by atoms with van der Waals surface area (Å²) in [6.07, 6.45) is 8.10. The molecule has 2 heterocycles. The summed E-state index contributed by atoms with van der Waals surface area (Å²) in [5, 5.41) is 8.20. The van der Waals surface area contributed by atoms with Crippen LogP contribution in [-0.2, 0) is 18.2 Å². The maximum absolute atomic E-state index is 13.6. The molecular formula is C19H32F2N4O. The van der Waals surface area contributed by atoms with Crippen molar-refractivity contribution in [1.29, 1.82) is 0 Å². The minimum Gasteiger partial charge on any atom is -0.384 e. The van der Waals surface area contributed by atoms with Crippen LogP contribution in [0.1, 0.15) is 37.8 Å². The van der Waals surface area contributed by atoms with Gasteiger partial charge in [0.25, 0.3) is 0 Å². The molecule has 3 rings (SSSR count). The molecule has 0 amide bonds. The molecule has 1 saturated carbocycles. The van der Waals surface area contributed by atoms with Gasteiger partial charge >= 0.3 is 0 Å². The number of likely N-dealkylation sites (tertiary alicyclic amines) is 1. The molecule has 1 atom stereocenters. The van der Waals surface area contributed by atoms with E-state index in [9.17, 15) is 8.78 Å². The maximum Gasteiger partial charge on any atom is 0.0985 e. The lowest BCUT2D eigenvalue weighted by Crippen LogP contribution is -2.51. The number of alkyl halides is 2. The molecule has 1 saturated heterocycles. The first-order valence-corrected chi connectivity index (χ1v) is 9.70. The van der Waals surface area contributed by atoms with Crippen LogP contribution in [0.25, 0.3) is 0 Å². The van der Waals surface area contributed by atoms with Crippen molar-refractivity contribution in [3.63, 3.8) is 0 Å². The van der Waals surface area contributed by atoms with Gasteiger partial charge in [-0.15, -0.1) is 5.10 Å². The average Bonchev–Trinajstić information content (AvgIpc) is 3.00. The van der Waals surface area contributed by atoms with Crippen LogP contribution in [0.15, 0.2) is 6.20 Å². The van der Waals surface area contributed by atoms with Crippen LogP contribution < -0.4 is 0 Å². The Bertz CT molecular complexity index is 558. The summed E-state index contributed by atoms with van der Waals surface area (Å²) < 4.78 is 33.5. The van der Waals surface area contributed by atoms with E-state index in [4.69, 9.17) is 4.74 Å². The van der Waals surface area contributed by atoms with Crippen molar-refractivity contribution in [2.75, 3.05) is 46.7 Å². The molecule has 1 aliphatic heterocycles. The minimum atomic E-state index is -0.692. The Labute approximate surface area is 155 Å². The van der Waals surface area contributed by atoms with Gasteiger partial charge in [0.05, 0.1) is 25.6 Å². The van der Waals surface area contributed by atoms with Gasteiger partial charge in [-0.25, -0.2) is 0 Å².